The van der Waals surface area contributed by atoms with E-state index in [-0.39, 0.29) is 17.4 Å². The lowest BCUT2D eigenvalue weighted by molar-refractivity contribution is -0.118. The van der Waals surface area contributed by atoms with Gasteiger partial charge in [0.1, 0.15) is 5.60 Å². The van der Waals surface area contributed by atoms with Crippen LogP contribution in [0.3, 0.4) is 0 Å². The summed E-state index contributed by atoms with van der Waals surface area (Å²) in [7, 11) is 0. The van der Waals surface area contributed by atoms with E-state index in [1.165, 1.54) is 25.5 Å². The van der Waals surface area contributed by atoms with Gasteiger partial charge >= 0.3 is 12.0 Å². The number of oxazole rings is 1. The zero-order valence-electron chi connectivity index (χ0n) is 10.7. The minimum absolute atomic E-state index is 0.124. The van der Waals surface area contributed by atoms with Gasteiger partial charge in [0.2, 0.25) is 5.76 Å². The maximum atomic E-state index is 10.8. The molecule has 0 radical (unpaired) electrons. The lowest BCUT2D eigenvalue weighted by atomic mass is 9.54. The zero-order chi connectivity index (χ0) is 13.0. The first-order valence-corrected chi connectivity index (χ1v) is 7.00. The molecule has 4 aliphatic carbocycles. The van der Waals surface area contributed by atoms with E-state index in [2.05, 4.69) is 4.98 Å². The number of hydrogen-bond acceptors (Lipinski definition) is 4. The van der Waals surface area contributed by atoms with E-state index in [0.29, 0.717) is 0 Å². The molecule has 5 rings (SSSR count). The Hall–Kier alpha value is -1.52. The molecule has 102 valence electrons. The van der Waals surface area contributed by atoms with Gasteiger partial charge in [0.15, 0.2) is 0 Å². The van der Waals surface area contributed by atoms with Gasteiger partial charge < -0.3 is 14.3 Å². The highest BCUT2D eigenvalue weighted by Gasteiger charge is 2.53. The molecule has 0 saturated heterocycles. The number of nitrogens with zero attached hydrogens (tertiary/aromatic N) is 1. The molecule has 0 amide bonds. The molecule has 1 N–H and O–H groups in total. The molecular weight excluding hydrogens is 246 g/mol. The van der Waals surface area contributed by atoms with Crippen LogP contribution in [0.15, 0.2) is 10.6 Å². The number of rotatable bonds is 3. The van der Waals surface area contributed by atoms with Crippen LogP contribution in [0.1, 0.15) is 49.1 Å². The number of hydrogen-bond donors (Lipinski definition) is 1. The Bertz CT molecular complexity index is 486. The van der Waals surface area contributed by atoms with Gasteiger partial charge in [-0.05, 0) is 56.3 Å². The summed E-state index contributed by atoms with van der Waals surface area (Å²) >= 11 is 0. The molecule has 0 aliphatic heterocycles. The molecule has 4 aliphatic rings. The van der Waals surface area contributed by atoms with Crippen molar-refractivity contribution in [3.63, 3.8) is 0 Å². The third-order valence-corrected chi connectivity index (χ3v) is 4.98. The van der Waals surface area contributed by atoms with Crippen LogP contribution >= 0.6 is 0 Å². The van der Waals surface area contributed by atoms with Crippen molar-refractivity contribution in [2.75, 3.05) is 0 Å². The third-order valence-electron chi connectivity index (χ3n) is 4.98. The fraction of sp³-hybridized carbons (Fsp3) is 0.714. The Labute approximate surface area is 111 Å². The highest BCUT2D eigenvalue weighted by Crippen LogP contribution is 2.56. The fourth-order valence-electron chi connectivity index (χ4n) is 4.75. The Morgan fingerprint density at radius 3 is 2.32 bits per heavy atom. The van der Waals surface area contributed by atoms with Crippen LogP contribution in [0.25, 0.3) is 0 Å². The van der Waals surface area contributed by atoms with E-state index < -0.39 is 5.97 Å². The Morgan fingerprint density at radius 2 is 1.84 bits per heavy atom. The number of carbonyl (C=O) groups is 1. The molecule has 5 heteroatoms. The number of carboxylic acids is 1. The number of aromatic carboxylic acids is 1. The summed E-state index contributed by atoms with van der Waals surface area (Å²) in [6.45, 7) is 0. The summed E-state index contributed by atoms with van der Waals surface area (Å²) in [4.78, 5) is 14.7. The molecule has 5 nitrogen and oxygen atoms in total. The van der Waals surface area contributed by atoms with Crippen molar-refractivity contribution < 1.29 is 19.1 Å². The summed E-state index contributed by atoms with van der Waals surface area (Å²) in [6, 6.07) is 0. The SMILES string of the molecule is O=C(O)c1cnc(OC23CC4CC(CC(C4)C2)C3)o1. The van der Waals surface area contributed by atoms with Gasteiger partial charge in [-0.25, -0.2) is 4.79 Å². The monoisotopic (exact) mass is 263 g/mol. The first kappa shape index (κ1) is 11.3. The van der Waals surface area contributed by atoms with Gasteiger partial charge in [-0.1, -0.05) is 0 Å². The number of ether oxygens (including phenoxy) is 1. The highest BCUT2D eigenvalue weighted by atomic mass is 16.6. The maximum absolute atomic E-state index is 10.8. The molecule has 0 spiro atoms. The van der Waals surface area contributed by atoms with Crippen LogP contribution in [0.5, 0.6) is 6.08 Å². The quantitative estimate of drug-likeness (QED) is 0.907. The van der Waals surface area contributed by atoms with E-state index in [1.54, 1.807) is 0 Å². The molecule has 19 heavy (non-hydrogen) atoms. The largest absolute Gasteiger partial charge is 0.475 e. The van der Waals surface area contributed by atoms with Gasteiger partial charge in [0, 0.05) is 0 Å². The van der Waals surface area contributed by atoms with Crippen LogP contribution in [0.2, 0.25) is 0 Å². The van der Waals surface area contributed by atoms with Gasteiger partial charge in [-0.3, -0.25) is 0 Å². The van der Waals surface area contributed by atoms with E-state index in [1.807, 2.05) is 0 Å². The lowest BCUT2D eigenvalue weighted by Crippen LogP contribution is -2.53. The summed E-state index contributed by atoms with van der Waals surface area (Å²) in [5.74, 6) is 1.08. The first-order chi connectivity index (χ1) is 9.12. The fourth-order valence-corrected chi connectivity index (χ4v) is 4.75. The summed E-state index contributed by atoms with van der Waals surface area (Å²) in [5, 5.41) is 8.84. The Morgan fingerprint density at radius 1 is 1.26 bits per heavy atom. The van der Waals surface area contributed by atoms with E-state index in [0.717, 1.165) is 37.0 Å². The molecule has 1 aromatic rings. The van der Waals surface area contributed by atoms with E-state index in [4.69, 9.17) is 14.3 Å². The predicted molar refractivity (Wildman–Crippen MR) is 65.0 cm³/mol. The second kappa shape index (κ2) is 3.74. The Kier molecular flexibility index (Phi) is 2.23. The first-order valence-electron chi connectivity index (χ1n) is 7.00. The van der Waals surface area contributed by atoms with Crippen molar-refractivity contribution in [1.82, 2.24) is 4.98 Å². The standard InChI is InChI=1S/C14H17NO4/c16-12(17)11-7-15-13(18-11)19-14-4-8-1-9(5-14)3-10(2-8)6-14/h7-10H,1-6H2,(H,16,17). The molecule has 1 aromatic heterocycles. The molecule has 0 atom stereocenters. The van der Waals surface area contributed by atoms with Crippen molar-refractivity contribution in [3.8, 4) is 6.08 Å². The van der Waals surface area contributed by atoms with Crippen LogP contribution in [0, 0.1) is 17.8 Å². The van der Waals surface area contributed by atoms with Crippen molar-refractivity contribution in [3.05, 3.63) is 12.0 Å². The van der Waals surface area contributed by atoms with Gasteiger partial charge in [0.05, 0.1) is 6.20 Å². The van der Waals surface area contributed by atoms with E-state index >= 15 is 0 Å². The minimum atomic E-state index is -1.10. The normalized spacial score (nSPS) is 39.5. The minimum Gasteiger partial charge on any atom is -0.475 e. The molecular formula is C14H17NO4. The summed E-state index contributed by atoms with van der Waals surface area (Å²) < 4.78 is 11.2. The molecule has 4 bridgehead atoms. The average Bonchev–Trinajstić information content (AvgIpc) is 2.74. The molecule has 0 unspecified atom stereocenters. The zero-order valence-corrected chi connectivity index (χ0v) is 10.7. The average molecular weight is 263 g/mol. The van der Waals surface area contributed by atoms with Crippen LogP contribution in [0.4, 0.5) is 0 Å². The van der Waals surface area contributed by atoms with Gasteiger partial charge in [-0.15, -0.1) is 0 Å². The summed E-state index contributed by atoms with van der Waals surface area (Å²) in [5.41, 5.74) is -0.143. The second-order valence-corrected chi connectivity index (χ2v) is 6.50. The van der Waals surface area contributed by atoms with Crippen LogP contribution in [-0.4, -0.2) is 21.7 Å². The third kappa shape index (κ3) is 1.83. The number of aromatic nitrogens is 1. The Balaban J connectivity index is 1.57. The smallest absolute Gasteiger partial charge is 0.394 e. The topological polar surface area (TPSA) is 72.6 Å². The maximum Gasteiger partial charge on any atom is 0.394 e. The van der Waals surface area contributed by atoms with Crippen LogP contribution in [-0.2, 0) is 0 Å². The molecule has 4 fully saturated rings. The van der Waals surface area contributed by atoms with E-state index in [9.17, 15) is 4.79 Å². The highest BCUT2D eigenvalue weighted by molar-refractivity contribution is 5.83. The van der Waals surface area contributed by atoms with Crippen molar-refractivity contribution in [2.45, 2.75) is 44.1 Å². The lowest BCUT2D eigenvalue weighted by Gasteiger charge is -2.55. The molecule has 4 saturated carbocycles. The van der Waals surface area contributed by atoms with Crippen molar-refractivity contribution in [1.29, 1.82) is 0 Å². The predicted octanol–water partition coefficient (Wildman–Crippen LogP) is 2.72. The molecule has 0 aromatic carbocycles. The van der Waals surface area contributed by atoms with Gasteiger partial charge in [0.25, 0.3) is 0 Å². The van der Waals surface area contributed by atoms with Crippen molar-refractivity contribution in [2.24, 2.45) is 17.8 Å². The van der Waals surface area contributed by atoms with Crippen LogP contribution < -0.4 is 4.74 Å². The number of carboxylic acid groups (broad SMARTS) is 1. The van der Waals surface area contributed by atoms with Crippen molar-refractivity contribution >= 4 is 5.97 Å². The second-order valence-electron chi connectivity index (χ2n) is 6.50. The molecule has 1 heterocycles. The summed E-state index contributed by atoms with van der Waals surface area (Å²) in [6.07, 6.45) is 8.59. The van der Waals surface area contributed by atoms with Gasteiger partial charge in [-0.2, -0.15) is 4.98 Å².